The van der Waals surface area contributed by atoms with Crippen molar-refractivity contribution >= 4 is 40.1 Å². The fraction of sp³-hybridized carbons (Fsp3) is 0.500. The molecule has 0 saturated carbocycles. The summed E-state index contributed by atoms with van der Waals surface area (Å²) in [5.74, 6) is -1.16. The number of hydrogen-bond donors (Lipinski definition) is 2. The molecule has 1 aromatic heterocycles. The summed E-state index contributed by atoms with van der Waals surface area (Å²) in [5.41, 5.74) is 0. The van der Waals surface area contributed by atoms with E-state index in [1.807, 2.05) is 0 Å². The summed E-state index contributed by atoms with van der Waals surface area (Å²) in [7, 11) is 3.57. The quantitative estimate of drug-likeness (QED) is 0.566. The number of anilines is 1. The summed E-state index contributed by atoms with van der Waals surface area (Å²) < 4.78 is 0.521. The molecule has 1 aromatic rings. The number of rotatable bonds is 6. The van der Waals surface area contributed by atoms with Crippen molar-refractivity contribution in [2.45, 2.75) is 4.34 Å². The number of carbonyl (C=O) groups is 2. The highest BCUT2D eigenvalue weighted by Gasteiger charge is 2.10. The van der Waals surface area contributed by atoms with Crippen molar-refractivity contribution in [3.63, 3.8) is 0 Å². The van der Waals surface area contributed by atoms with Crippen LogP contribution in [-0.4, -0.2) is 58.5 Å². The van der Waals surface area contributed by atoms with Gasteiger partial charge >= 0.3 is 5.97 Å². The number of nitrogens with one attached hydrogen (secondary N) is 1. The summed E-state index contributed by atoms with van der Waals surface area (Å²) in [6.45, 7) is 0.261. The topological polar surface area (TPSA) is 95.4 Å². The number of amides is 1. The van der Waals surface area contributed by atoms with Gasteiger partial charge in [-0.3, -0.25) is 14.9 Å². The van der Waals surface area contributed by atoms with E-state index in [9.17, 15) is 9.59 Å². The molecule has 0 aromatic carbocycles. The molecule has 1 rings (SSSR count). The average Bonchev–Trinajstić information content (AvgIpc) is 2.61. The molecule has 1 amide bonds. The van der Waals surface area contributed by atoms with Crippen LogP contribution in [0.1, 0.15) is 0 Å². The Labute approximate surface area is 106 Å². The standard InChI is InChI=1S/C8H12N4O3S2/c1-12(2)3-5(13)9-7-10-11-8(17-7)16-4-6(14)15/h3-4H2,1-2H3,(H,14,15)(H,9,10,13). The van der Waals surface area contributed by atoms with Crippen molar-refractivity contribution in [1.82, 2.24) is 15.1 Å². The summed E-state index contributed by atoms with van der Waals surface area (Å²) >= 11 is 2.23. The second-order valence-corrected chi connectivity index (χ2v) is 5.54. The van der Waals surface area contributed by atoms with Gasteiger partial charge in [0, 0.05) is 0 Å². The highest BCUT2D eigenvalue weighted by Crippen LogP contribution is 2.25. The zero-order chi connectivity index (χ0) is 12.8. The van der Waals surface area contributed by atoms with Gasteiger partial charge in [0.25, 0.3) is 0 Å². The van der Waals surface area contributed by atoms with E-state index in [1.165, 1.54) is 0 Å². The van der Waals surface area contributed by atoms with Crippen LogP contribution in [0.4, 0.5) is 5.13 Å². The van der Waals surface area contributed by atoms with Crippen molar-refractivity contribution in [2.24, 2.45) is 0 Å². The van der Waals surface area contributed by atoms with Gasteiger partial charge in [0.2, 0.25) is 11.0 Å². The zero-order valence-electron chi connectivity index (χ0n) is 9.34. The average molecular weight is 276 g/mol. The van der Waals surface area contributed by atoms with Crippen LogP contribution in [0.2, 0.25) is 0 Å². The minimum absolute atomic E-state index is 0.0692. The van der Waals surface area contributed by atoms with Crippen molar-refractivity contribution in [3.8, 4) is 0 Å². The Kier molecular flexibility index (Phi) is 5.32. The lowest BCUT2D eigenvalue weighted by molar-refractivity contribution is -0.133. The Hall–Kier alpha value is -1.19. The number of nitrogens with zero attached hydrogens (tertiary/aromatic N) is 3. The van der Waals surface area contributed by atoms with E-state index in [-0.39, 0.29) is 18.2 Å². The lowest BCUT2D eigenvalue weighted by Crippen LogP contribution is -2.26. The van der Waals surface area contributed by atoms with Gasteiger partial charge in [-0.1, -0.05) is 23.1 Å². The summed E-state index contributed by atoms with van der Waals surface area (Å²) in [6.07, 6.45) is 0. The molecule has 9 heteroatoms. The molecule has 0 saturated heterocycles. The molecule has 94 valence electrons. The third kappa shape index (κ3) is 5.61. The van der Waals surface area contributed by atoms with Crippen LogP contribution in [0.5, 0.6) is 0 Å². The largest absolute Gasteiger partial charge is 0.481 e. The van der Waals surface area contributed by atoms with E-state index in [4.69, 9.17) is 5.11 Å². The highest BCUT2D eigenvalue weighted by molar-refractivity contribution is 8.01. The summed E-state index contributed by atoms with van der Waals surface area (Å²) in [6, 6.07) is 0. The molecule has 0 aliphatic carbocycles. The van der Waals surface area contributed by atoms with Crippen molar-refractivity contribution in [1.29, 1.82) is 0 Å². The Morgan fingerprint density at radius 1 is 1.47 bits per heavy atom. The number of carboxylic acids is 1. The second-order valence-electron chi connectivity index (χ2n) is 3.34. The third-order valence-electron chi connectivity index (χ3n) is 1.43. The van der Waals surface area contributed by atoms with Gasteiger partial charge < -0.3 is 10.0 Å². The first kappa shape index (κ1) is 13.9. The molecule has 0 fully saturated rings. The van der Waals surface area contributed by atoms with Crippen LogP contribution in [0.25, 0.3) is 0 Å². The van der Waals surface area contributed by atoms with Gasteiger partial charge in [0.1, 0.15) is 0 Å². The van der Waals surface area contributed by atoms with Gasteiger partial charge in [0.05, 0.1) is 12.3 Å². The molecule has 7 nitrogen and oxygen atoms in total. The molecule has 0 aliphatic heterocycles. The molecule has 0 unspecified atom stereocenters. The number of aliphatic carboxylic acids is 1. The molecule has 0 atom stereocenters. The highest BCUT2D eigenvalue weighted by atomic mass is 32.2. The van der Waals surface area contributed by atoms with Gasteiger partial charge in [-0.2, -0.15) is 0 Å². The van der Waals surface area contributed by atoms with E-state index < -0.39 is 5.97 Å². The smallest absolute Gasteiger partial charge is 0.313 e. The Morgan fingerprint density at radius 2 is 2.18 bits per heavy atom. The van der Waals surface area contributed by atoms with Gasteiger partial charge in [-0.15, -0.1) is 10.2 Å². The van der Waals surface area contributed by atoms with E-state index >= 15 is 0 Å². The van der Waals surface area contributed by atoms with Gasteiger partial charge in [-0.05, 0) is 14.1 Å². The fourth-order valence-electron chi connectivity index (χ4n) is 0.888. The van der Waals surface area contributed by atoms with Crippen LogP contribution >= 0.6 is 23.1 Å². The van der Waals surface area contributed by atoms with Crippen LogP contribution in [0, 0.1) is 0 Å². The molecule has 1 heterocycles. The van der Waals surface area contributed by atoms with Crippen molar-refractivity contribution in [3.05, 3.63) is 0 Å². The lowest BCUT2D eigenvalue weighted by atomic mass is 10.5. The molecular formula is C8H12N4O3S2. The van der Waals surface area contributed by atoms with Crippen LogP contribution in [0.15, 0.2) is 4.34 Å². The molecule has 0 spiro atoms. The van der Waals surface area contributed by atoms with E-state index in [0.717, 1.165) is 23.1 Å². The number of likely N-dealkylation sites (N-methyl/N-ethyl adjacent to an activating group) is 1. The second kappa shape index (κ2) is 6.52. The lowest BCUT2D eigenvalue weighted by Gasteiger charge is -2.07. The van der Waals surface area contributed by atoms with Crippen LogP contribution < -0.4 is 5.32 Å². The Bertz CT molecular complexity index is 407. The Balaban J connectivity index is 2.45. The van der Waals surface area contributed by atoms with Gasteiger partial charge in [-0.25, -0.2) is 0 Å². The van der Waals surface area contributed by atoms with E-state index in [2.05, 4.69) is 15.5 Å². The normalized spacial score (nSPS) is 10.5. The molecule has 17 heavy (non-hydrogen) atoms. The van der Waals surface area contributed by atoms with Crippen molar-refractivity contribution in [2.75, 3.05) is 31.7 Å². The molecule has 0 aliphatic rings. The summed E-state index contributed by atoms with van der Waals surface area (Å²) in [5, 5.41) is 19.0. The number of carboxylic acid groups (broad SMARTS) is 1. The number of hydrogen-bond acceptors (Lipinski definition) is 7. The monoisotopic (exact) mass is 276 g/mol. The number of thioether (sulfide) groups is 1. The fourth-order valence-corrected chi connectivity index (χ4v) is 2.38. The maximum Gasteiger partial charge on any atom is 0.313 e. The summed E-state index contributed by atoms with van der Waals surface area (Å²) in [4.78, 5) is 23.5. The number of carbonyl (C=O) groups excluding carboxylic acids is 1. The minimum atomic E-state index is -0.914. The number of aromatic nitrogens is 2. The minimum Gasteiger partial charge on any atom is -0.481 e. The van der Waals surface area contributed by atoms with Crippen molar-refractivity contribution < 1.29 is 14.7 Å². The maximum absolute atomic E-state index is 11.4. The predicted octanol–water partition coefficient (Wildman–Crippen LogP) is 0.215. The first-order valence-corrected chi connectivity index (χ1v) is 6.40. The molecular weight excluding hydrogens is 264 g/mol. The van der Waals surface area contributed by atoms with Crippen LogP contribution in [-0.2, 0) is 9.59 Å². The van der Waals surface area contributed by atoms with E-state index in [1.54, 1.807) is 19.0 Å². The van der Waals surface area contributed by atoms with Gasteiger partial charge in [0.15, 0.2) is 4.34 Å². The maximum atomic E-state index is 11.4. The van der Waals surface area contributed by atoms with Crippen LogP contribution in [0.3, 0.4) is 0 Å². The SMILES string of the molecule is CN(C)CC(=O)Nc1nnc(SCC(=O)O)s1. The molecule has 0 bridgehead atoms. The predicted molar refractivity (Wildman–Crippen MR) is 65.5 cm³/mol. The van der Waals surface area contributed by atoms with E-state index in [0.29, 0.717) is 9.47 Å². The zero-order valence-corrected chi connectivity index (χ0v) is 11.0. The Morgan fingerprint density at radius 3 is 2.76 bits per heavy atom. The molecule has 2 N–H and O–H groups in total. The third-order valence-corrected chi connectivity index (χ3v) is 3.39. The first-order valence-electron chi connectivity index (χ1n) is 4.60. The first-order chi connectivity index (χ1) is 7.97. The molecule has 0 radical (unpaired) electrons.